The van der Waals surface area contributed by atoms with E-state index in [1.54, 1.807) is 11.8 Å². The third kappa shape index (κ3) is 5.93. The molecule has 1 unspecified atom stereocenters. The van der Waals surface area contributed by atoms with Crippen LogP contribution < -0.4 is 10.1 Å². The minimum Gasteiger partial charge on any atom is -0.494 e. The Bertz CT molecular complexity index is 655. The topological polar surface area (TPSA) is 38.3 Å². The van der Waals surface area contributed by atoms with E-state index in [0.717, 1.165) is 11.3 Å². The zero-order chi connectivity index (χ0) is 17.4. The van der Waals surface area contributed by atoms with Crippen LogP contribution in [-0.4, -0.2) is 18.8 Å². The van der Waals surface area contributed by atoms with Crippen LogP contribution in [0, 0.1) is 6.92 Å². The average Bonchev–Trinajstić information content (AvgIpc) is 2.59. The van der Waals surface area contributed by atoms with E-state index in [9.17, 15) is 4.79 Å². The number of aryl methyl sites for hydroxylation is 1. The summed E-state index contributed by atoms with van der Waals surface area (Å²) in [6.07, 6.45) is 3.23. The number of rotatable bonds is 8. The molecule has 0 aromatic heterocycles. The lowest BCUT2D eigenvalue weighted by molar-refractivity contribution is -0.121. The van der Waals surface area contributed by atoms with Crippen molar-refractivity contribution in [3.63, 3.8) is 0 Å². The summed E-state index contributed by atoms with van der Waals surface area (Å²) in [6.45, 7) is 4.59. The summed E-state index contributed by atoms with van der Waals surface area (Å²) in [7, 11) is 0. The molecule has 0 saturated carbocycles. The number of amides is 1. The van der Waals surface area contributed by atoms with E-state index in [2.05, 4.69) is 35.8 Å². The molecule has 0 bridgehead atoms. The van der Waals surface area contributed by atoms with Crippen molar-refractivity contribution in [2.75, 3.05) is 12.9 Å². The highest BCUT2D eigenvalue weighted by atomic mass is 32.2. The summed E-state index contributed by atoms with van der Waals surface area (Å²) in [5.41, 5.74) is 2.30. The second-order valence-electron chi connectivity index (χ2n) is 5.83. The van der Waals surface area contributed by atoms with Crippen molar-refractivity contribution in [2.45, 2.75) is 37.6 Å². The first-order valence-corrected chi connectivity index (χ1v) is 9.44. The second-order valence-corrected chi connectivity index (χ2v) is 6.71. The van der Waals surface area contributed by atoms with E-state index < -0.39 is 0 Å². The molecule has 128 valence electrons. The van der Waals surface area contributed by atoms with Gasteiger partial charge in [-0.05, 0) is 61.9 Å². The van der Waals surface area contributed by atoms with Crippen LogP contribution in [0.1, 0.15) is 36.9 Å². The minimum atomic E-state index is 0.0195. The van der Waals surface area contributed by atoms with Gasteiger partial charge >= 0.3 is 0 Å². The van der Waals surface area contributed by atoms with Gasteiger partial charge in [0.2, 0.25) is 5.91 Å². The van der Waals surface area contributed by atoms with Gasteiger partial charge < -0.3 is 10.1 Å². The van der Waals surface area contributed by atoms with E-state index in [1.807, 2.05) is 38.1 Å². The molecule has 24 heavy (non-hydrogen) atoms. The predicted octanol–water partition coefficient (Wildman–Crippen LogP) is 4.75. The third-order valence-corrected chi connectivity index (χ3v) is 4.54. The summed E-state index contributed by atoms with van der Waals surface area (Å²) >= 11 is 1.71. The van der Waals surface area contributed by atoms with E-state index >= 15 is 0 Å². The number of hydrogen-bond acceptors (Lipinski definition) is 3. The second kappa shape index (κ2) is 9.38. The molecule has 3 nitrogen and oxygen atoms in total. The fourth-order valence-corrected chi connectivity index (χ4v) is 2.83. The lowest BCUT2D eigenvalue weighted by Crippen LogP contribution is -2.26. The molecule has 4 heteroatoms. The van der Waals surface area contributed by atoms with Gasteiger partial charge in [0.25, 0.3) is 0 Å². The van der Waals surface area contributed by atoms with Gasteiger partial charge in [0, 0.05) is 11.3 Å². The number of hydrogen-bond donors (Lipinski definition) is 1. The smallest absolute Gasteiger partial charge is 0.220 e. The fraction of sp³-hybridized carbons (Fsp3) is 0.350. The maximum Gasteiger partial charge on any atom is 0.220 e. The molecule has 1 atom stereocenters. The molecule has 0 fully saturated rings. The van der Waals surface area contributed by atoms with Gasteiger partial charge in [-0.1, -0.05) is 24.3 Å². The molecular weight excluding hydrogens is 318 g/mol. The molecule has 0 aliphatic heterocycles. The highest BCUT2D eigenvalue weighted by Crippen LogP contribution is 2.19. The molecule has 2 rings (SSSR count). The number of carbonyl (C=O) groups is 1. The Morgan fingerprint density at radius 1 is 1.21 bits per heavy atom. The van der Waals surface area contributed by atoms with Gasteiger partial charge in [0.05, 0.1) is 12.6 Å². The molecule has 2 aromatic carbocycles. The summed E-state index contributed by atoms with van der Waals surface area (Å²) in [5.74, 6) is 0.918. The van der Waals surface area contributed by atoms with Crippen LogP contribution in [-0.2, 0) is 4.79 Å². The van der Waals surface area contributed by atoms with Crippen molar-refractivity contribution >= 4 is 17.7 Å². The van der Waals surface area contributed by atoms with E-state index in [-0.39, 0.29) is 11.9 Å². The summed E-state index contributed by atoms with van der Waals surface area (Å²) in [4.78, 5) is 13.3. The van der Waals surface area contributed by atoms with Crippen LogP contribution in [0.4, 0.5) is 0 Å². The average molecular weight is 343 g/mol. The van der Waals surface area contributed by atoms with Gasteiger partial charge in [-0.2, -0.15) is 0 Å². The highest BCUT2D eigenvalue weighted by molar-refractivity contribution is 7.98. The van der Waals surface area contributed by atoms with Crippen molar-refractivity contribution in [1.82, 2.24) is 5.32 Å². The fourth-order valence-electron chi connectivity index (χ4n) is 2.42. The summed E-state index contributed by atoms with van der Waals surface area (Å²) in [5, 5.41) is 3.04. The van der Waals surface area contributed by atoms with Crippen molar-refractivity contribution < 1.29 is 9.53 Å². The Kier molecular flexibility index (Phi) is 7.19. The van der Waals surface area contributed by atoms with Crippen LogP contribution in [0.5, 0.6) is 5.75 Å². The standard InChI is InChI=1S/C20H25NO2S/c1-15-6-4-7-18(14-15)23-13-5-8-20(22)21-16(2)17-9-11-19(24-3)12-10-17/h4,6-7,9-12,14,16H,5,8,13H2,1-3H3,(H,21,22). The Morgan fingerprint density at radius 3 is 2.62 bits per heavy atom. The molecule has 0 aliphatic carbocycles. The predicted molar refractivity (Wildman–Crippen MR) is 101 cm³/mol. The maximum atomic E-state index is 12.0. The first-order valence-electron chi connectivity index (χ1n) is 8.21. The zero-order valence-corrected chi connectivity index (χ0v) is 15.4. The minimum absolute atomic E-state index is 0.0195. The lowest BCUT2D eigenvalue weighted by Gasteiger charge is -2.15. The highest BCUT2D eigenvalue weighted by Gasteiger charge is 2.09. The Labute approximate surface area is 148 Å². The van der Waals surface area contributed by atoms with Gasteiger partial charge in [-0.15, -0.1) is 11.8 Å². The summed E-state index contributed by atoms with van der Waals surface area (Å²) in [6, 6.07) is 16.3. The van der Waals surface area contributed by atoms with Crippen LogP contribution in [0.25, 0.3) is 0 Å². The molecule has 1 N–H and O–H groups in total. The SMILES string of the molecule is CSc1ccc(C(C)NC(=O)CCCOc2cccc(C)c2)cc1. The number of carbonyl (C=O) groups excluding carboxylic acids is 1. The van der Waals surface area contributed by atoms with Gasteiger partial charge in [-0.3, -0.25) is 4.79 Å². The normalized spacial score (nSPS) is 11.8. The molecule has 0 aliphatic rings. The van der Waals surface area contributed by atoms with Crippen LogP contribution in [0.2, 0.25) is 0 Å². The molecule has 2 aromatic rings. The van der Waals surface area contributed by atoms with Crippen LogP contribution >= 0.6 is 11.8 Å². The molecule has 1 amide bonds. The monoisotopic (exact) mass is 343 g/mol. The van der Waals surface area contributed by atoms with Gasteiger partial charge in [-0.25, -0.2) is 0 Å². The number of nitrogens with one attached hydrogen (secondary N) is 1. The molecule has 0 spiro atoms. The first-order chi connectivity index (χ1) is 11.6. The van der Waals surface area contributed by atoms with E-state index in [4.69, 9.17) is 4.74 Å². The first kappa shape index (κ1) is 18.4. The van der Waals surface area contributed by atoms with E-state index in [0.29, 0.717) is 19.4 Å². The Morgan fingerprint density at radius 2 is 1.96 bits per heavy atom. The van der Waals surface area contributed by atoms with Crippen molar-refractivity contribution in [2.24, 2.45) is 0 Å². The molecular formula is C20H25NO2S. The number of thioether (sulfide) groups is 1. The van der Waals surface area contributed by atoms with E-state index in [1.165, 1.54) is 10.5 Å². The quantitative estimate of drug-likeness (QED) is 0.555. The molecule has 0 heterocycles. The number of benzene rings is 2. The van der Waals surface area contributed by atoms with Gasteiger partial charge in [0.15, 0.2) is 0 Å². The van der Waals surface area contributed by atoms with Crippen molar-refractivity contribution in [3.8, 4) is 5.75 Å². The van der Waals surface area contributed by atoms with Gasteiger partial charge in [0.1, 0.15) is 5.75 Å². The lowest BCUT2D eigenvalue weighted by atomic mass is 10.1. The largest absolute Gasteiger partial charge is 0.494 e. The Balaban J connectivity index is 1.70. The van der Waals surface area contributed by atoms with Crippen molar-refractivity contribution in [1.29, 1.82) is 0 Å². The van der Waals surface area contributed by atoms with Crippen LogP contribution in [0.15, 0.2) is 53.4 Å². The number of ether oxygens (including phenoxy) is 1. The maximum absolute atomic E-state index is 12.0. The summed E-state index contributed by atoms with van der Waals surface area (Å²) < 4.78 is 5.67. The third-order valence-electron chi connectivity index (χ3n) is 3.80. The van der Waals surface area contributed by atoms with Crippen LogP contribution in [0.3, 0.4) is 0 Å². The zero-order valence-electron chi connectivity index (χ0n) is 14.5. The Hall–Kier alpha value is -1.94. The molecule has 0 saturated heterocycles. The molecule has 0 radical (unpaired) electrons. The van der Waals surface area contributed by atoms with Crippen molar-refractivity contribution in [3.05, 3.63) is 59.7 Å².